The predicted octanol–water partition coefficient (Wildman–Crippen LogP) is 2.80. The first kappa shape index (κ1) is 18.1. The zero-order chi connectivity index (χ0) is 18.7. The molecule has 1 aliphatic rings. The molecule has 1 aromatic carbocycles. The van der Waals surface area contributed by atoms with E-state index in [1.165, 1.54) is 24.4 Å². The van der Waals surface area contributed by atoms with Crippen molar-refractivity contribution in [2.24, 2.45) is 0 Å². The Kier molecular flexibility index (Phi) is 5.35. The number of aliphatic hydroxyl groups is 1. The summed E-state index contributed by atoms with van der Waals surface area (Å²) >= 11 is 6.09. The van der Waals surface area contributed by atoms with E-state index < -0.39 is 17.7 Å². The number of carbonyl (C=O) groups is 2. The third-order valence-electron chi connectivity index (χ3n) is 4.19. The molecule has 0 bridgehead atoms. The maximum absolute atomic E-state index is 12.7. The molecule has 2 heterocycles. The predicted molar refractivity (Wildman–Crippen MR) is 96.6 cm³/mol. The van der Waals surface area contributed by atoms with E-state index in [-0.39, 0.29) is 24.5 Å². The second-order valence-electron chi connectivity index (χ2n) is 5.78. The van der Waals surface area contributed by atoms with E-state index in [9.17, 15) is 14.7 Å². The summed E-state index contributed by atoms with van der Waals surface area (Å²) < 4.78 is 5.06. The minimum atomic E-state index is -0.739. The SMILES string of the molecule is COCCN1C(=O)C(=O)/C(=C(/O)c2ccncc2)C1c1cccc(Cl)c1. The van der Waals surface area contributed by atoms with Crippen LogP contribution in [0.15, 0.2) is 54.4 Å². The Bertz CT molecular complexity index is 867. The van der Waals surface area contributed by atoms with E-state index >= 15 is 0 Å². The van der Waals surface area contributed by atoms with Crippen molar-refractivity contribution < 1.29 is 19.4 Å². The number of ketones is 1. The number of pyridine rings is 1. The Labute approximate surface area is 155 Å². The van der Waals surface area contributed by atoms with Crippen molar-refractivity contribution in [2.75, 3.05) is 20.3 Å². The zero-order valence-corrected chi connectivity index (χ0v) is 14.8. The molecule has 0 radical (unpaired) electrons. The van der Waals surface area contributed by atoms with Crippen molar-refractivity contribution in [1.82, 2.24) is 9.88 Å². The number of hydrogen-bond acceptors (Lipinski definition) is 5. The van der Waals surface area contributed by atoms with Crippen LogP contribution in [-0.2, 0) is 14.3 Å². The highest BCUT2D eigenvalue weighted by atomic mass is 35.5. The summed E-state index contributed by atoms with van der Waals surface area (Å²) in [6, 6.07) is 9.30. The van der Waals surface area contributed by atoms with Gasteiger partial charge in [0, 0.05) is 36.6 Å². The summed E-state index contributed by atoms with van der Waals surface area (Å²) in [6.45, 7) is 0.477. The number of nitrogens with zero attached hydrogens (tertiary/aromatic N) is 2. The van der Waals surface area contributed by atoms with Gasteiger partial charge in [-0.15, -0.1) is 0 Å². The molecule has 1 amide bonds. The fourth-order valence-electron chi connectivity index (χ4n) is 2.99. The molecule has 1 atom stereocenters. The molecule has 1 unspecified atom stereocenters. The summed E-state index contributed by atoms with van der Waals surface area (Å²) in [6.07, 6.45) is 3.01. The Morgan fingerprint density at radius 1 is 1.27 bits per heavy atom. The first-order valence-electron chi connectivity index (χ1n) is 7.97. The standard InChI is InChI=1S/C19H17ClN2O4/c1-26-10-9-22-16(13-3-2-4-14(20)11-13)15(18(24)19(22)25)17(23)12-5-7-21-8-6-12/h2-8,11,16,23H,9-10H2,1H3/b17-15+. The van der Waals surface area contributed by atoms with E-state index in [1.807, 2.05) is 0 Å². The molecule has 1 N–H and O–H groups in total. The van der Waals surface area contributed by atoms with Gasteiger partial charge in [0.2, 0.25) is 0 Å². The fraction of sp³-hybridized carbons (Fsp3) is 0.211. The summed E-state index contributed by atoms with van der Waals surface area (Å²) in [5.74, 6) is -1.65. The van der Waals surface area contributed by atoms with Crippen LogP contribution >= 0.6 is 11.6 Å². The van der Waals surface area contributed by atoms with Crippen molar-refractivity contribution in [3.63, 3.8) is 0 Å². The number of aliphatic hydroxyl groups excluding tert-OH is 1. The monoisotopic (exact) mass is 372 g/mol. The lowest BCUT2D eigenvalue weighted by Crippen LogP contribution is -2.32. The Balaban J connectivity index is 2.16. The largest absolute Gasteiger partial charge is 0.507 e. The smallest absolute Gasteiger partial charge is 0.295 e. The van der Waals surface area contributed by atoms with Crippen LogP contribution in [-0.4, -0.2) is 46.9 Å². The number of rotatable bonds is 5. The van der Waals surface area contributed by atoms with E-state index in [0.29, 0.717) is 16.1 Å². The second-order valence-corrected chi connectivity index (χ2v) is 6.21. The van der Waals surface area contributed by atoms with Crippen molar-refractivity contribution in [1.29, 1.82) is 0 Å². The summed E-state index contributed by atoms with van der Waals surface area (Å²) in [5, 5.41) is 11.2. The molecule has 0 saturated carbocycles. The average molecular weight is 373 g/mol. The lowest BCUT2D eigenvalue weighted by atomic mass is 9.95. The average Bonchev–Trinajstić information content (AvgIpc) is 2.91. The van der Waals surface area contributed by atoms with Gasteiger partial charge in [-0.2, -0.15) is 0 Å². The number of methoxy groups -OCH3 is 1. The van der Waals surface area contributed by atoms with Gasteiger partial charge in [-0.25, -0.2) is 0 Å². The Morgan fingerprint density at radius 2 is 2.00 bits per heavy atom. The van der Waals surface area contributed by atoms with Crippen LogP contribution in [0.5, 0.6) is 0 Å². The maximum atomic E-state index is 12.7. The van der Waals surface area contributed by atoms with Gasteiger partial charge in [0.15, 0.2) is 0 Å². The quantitative estimate of drug-likeness (QED) is 0.496. The van der Waals surface area contributed by atoms with Crippen LogP contribution in [0.1, 0.15) is 17.2 Å². The molecule has 1 saturated heterocycles. The van der Waals surface area contributed by atoms with E-state index in [2.05, 4.69) is 4.98 Å². The normalized spacial score (nSPS) is 19.2. The molecule has 134 valence electrons. The molecule has 26 heavy (non-hydrogen) atoms. The van der Waals surface area contributed by atoms with Crippen molar-refractivity contribution >= 4 is 29.1 Å². The number of carbonyl (C=O) groups excluding carboxylic acids is 2. The molecule has 0 aliphatic carbocycles. The topological polar surface area (TPSA) is 79.7 Å². The third kappa shape index (κ3) is 3.34. The molecule has 7 heteroatoms. The molecular formula is C19H17ClN2O4. The van der Waals surface area contributed by atoms with Gasteiger partial charge >= 0.3 is 0 Å². The highest BCUT2D eigenvalue weighted by molar-refractivity contribution is 6.46. The first-order valence-corrected chi connectivity index (χ1v) is 8.35. The number of amides is 1. The van der Waals surface area contributed by atoms with Gasteiger partial charge in [0.05, 0.1) is 18.2 Å². The summed E-state index contributed by atoms with van der Waals surface area (Å²) in [7, 11) is 1.52. The van der Waals surface area contributed by atoms with Gasteiger partial charge in [0.1, 0.15) is 5.76 Å². The van der Waals surface area contributed by atoms with Crippen LogP contribution < -0.4 is 0 Å². The lowest BCUT2D eigenvalue weighted by Gasteiger charge is -2.25. The molecule has 0 spiro atoms. The minimum Gasteiger partial charge on any atom is -0.507 e. The molecule has 1 aromatic heterocycles. The van der Waals surface area contributed by atoms with Gasteiger partial charge < -0.3 is 14.7 Å². The number of likely N-dealkylation sites (tertiary alicyclic amines) is 1. The number of benzene rings is 1. The van der Waals surface area contributed by atoms with E-state index in [1.54, 1.807) is 36.4 Å². The van der Waals surface area contributed by atoms with Crippen LogP contribution in [0.4, 0.5) is 0 Å². The summed E-state index contributed by atoms with van der Waals surface area (Å²) in [5.41, 5.74) is 1.08. The van der Waals surface area contributed by atoms with Crippen LogP contribution in [0, 0.1) is 0 Å². The van der Waals surface area contributed by atoms with Gasteiger partial charge in [-0.1, -0.05) is 23.7 Å². The lowest BCUT2D eigenvalue weighted by molar-refractivity contribution is -0.140. The number of Topliss-reactive ketones (excluding diaryl/α,β-unsaturated/α-hetero) is 1. The number of aromatic nitrogens is 1. The van der Waals surface area contributed by atoms with E-state index in [0.717, 1.165) is 0 Å². The third-order valence-corrected chi connectivity index (χ3v) is 4.43. The van der Waals surface area contributed by atoms with Gasteiger partial charge in [-0.05, 0) is 29.8 Å². The molecule has 2 aromatic rings. The number of hydrogen-bond donors (Lipinski definition) is 1. The first-order chi connectivity index (χ1) is 12.5. The van der Waals surface area contributed by atoms with Crippen LogP contribution in [0.25, 0.3) is 5.76 Å². The molecule has 3 rings (SSSR count). The Hall–Kier alpha value is -2.70. The van der Waals surface area contributed by atoms with Crippen LogP contribution in [0.3, 0.4) is 0 Å². The highest BCUT2D eigenvalue weighted by Crippen LogP contribution is 2.39. The minimum absolute atomic E-state index is 0.0274. The van der Waals surface area contributed by atoms with Crippen molar-refractivity contribution in [2.45, 2.75) is 6.04 Å². The number of halogens is 1. The van der Waals surface area contributed by atoms with E-state index in [4.69, 9.17) is 16.3 Å². The second kappa shape index (κ2) is 7.68. The molecule has 1 aliphatic heterocycles. The van der Waals surface area contributed by atoms with Crippen molar-refractivity contribution in [3.8, 4) is 0 Å². The van der Waals surface area contributed by atoms with Gasteiger partial charge in [-0.3, -0.25) is 14.6 Å². The number of ether oxygens (including phenoxy) is 1. The fourth-order valence-corrected chi connectivity index (χ4v) is 3.19. The highest BCUT2D eigenvalue weighted by Gasteiger charge is 2.45. The Morgan fingerprint density at radius 3 is 2.65 bits per heavy atom. The maximum Gasteiger partial charge on any atom is 0.295 e. The zero-order valence-electron chi connectivity index (χ0n) is 14.1. The van der Waals surface area contributed by atoms with Crippen molar-refractivity contribution in [3.05, 3.63) is 70.5 Å². The van der Waals surface area contributed by atoms with Crippen LogP contribution in [0.2, 0.25) is 5.02 Å². The molecular weight excluding hydrogens is 356 g/mol. The molecule has 1 fully saturated rings. The van der Waals surface area contributed by atoms with Gasteiger partial charge in [0.25, 0.3) is 11.7 Å². The summed E-state index contributed by atoms with van der Waals surface area (Å²) in [4.78, 5) is 30.5. The molecule has 6 nitrogen and oxygen atoms in total.